The molecule has 0 aliphatic rings. The van der Waals surface area contributed by atoms with Crippen molar-refractivity contribution in [3.05, 3.63) is 35.0 Å². The molecule has 0 unspecified atom stereocenters. The van der Waals surface area contributed by atoms with E-state index in [-0.39, 0.29) is 0 Å². The van der Waals surface area contributed by atoms with E-state index in [1.165, 1.54) is 0 Å². The second-order valence-electron chi connectivity index (χ2n) is 3.99. The van der Waals surface area contributed by atoms with Crippen LogP contribution < -0.4 is 4.74 Å². The number of ether oxygens (including phenoxy) is 1. The molecule has 0 aliphatic heterocycles. The second kappa shape index (κ2) is 4.41. The summed E-state index contributed by atoms with van der Waals surface area (Å²) in [5.41, 5.74) is 4.26. The average molecular weight is 230 g/mol. The van der Waals surface area contributed by atoms with Crippen LogP contribution in [0.2, 0.25) is 0 Å². The molecule has 17 heavy (non-hydrogen) atoms. The number of benzene rings is 1. The zero-order valence-electron chi connectivity index (χ0n) is 10.1. The number of methoxy groups -OCH3 is 1. The summed E-state index contributed by atoms with van der Waals surface area (Å²) in [5.74, 6) is 0.791. The Morgan fingerprint density at radius 2 is 2.06 bits per heavy atom. The molecule has 1 aromatic heterocycles. The van der Waals surface area contributed by atoms with E-state index in [4.69, 9.17) is 4.74 Å². The summed E-state index contributed by atoms with van der Waals surface area (Å²) in [6, 6.07) is 5.76. The molecule has 88 valence electrons. The lowest BCUT2D eigenvalue weighted by Crippen LogP contribution is -1.93. The minimum atomic E-state index is 0.459. The van der Waals surface area contributed by atoms with Crippen molar-refractivity contribution < 1.29 is 9.53 Å². The number of aldehydes is 1. The van der Waals surface area contributed by atoms with Crippen molar-refractivity contribution in [2.45, 2.75) is 13.8 Å². The third-order valence-electron chi connectivity index (χ3n) is 2.62. The highest BCUT2D eigenvalue weighted by Gasteiger charge is 2.12. The molecule has 4 nitrogen and oxygen atoms in total. The molecule has 4 heteroatoms. The van der Waals surface area contributed by atoms with E-state index in [1.807, 2.05) is 19.9 Å². The summed E-state index contributed by atoms with van der Waals surface area (Å²) in [7, 11) is 1.63. The van der Waals surface area contributed by atoms with Crippen LogP contribution in [0.15, 0.2) is 18.2 Å². The third kappa shape index (κ3) is 2.06. The third-order valence-corrected chi connectivity index (χ3v) is 2.62. The fourth-order valence-electron chi connectivity index (χ4n) is 1.95. The Bertz CT molecular complexity index is 559. The Labute approximate surface area is 99.6 Å². The highest BCUT2D eigenvalue weighted by Crippen LogP contribution is 2.33. The number of aromatic amines is 1. The lowest BCUT2D eigenvalue weighted by Gasteiger charge is -2.10. The monoisotopic (exact) mass is 230 g/mol. The maximum Gasteiger partial charge on any atom is 0.167 e. The number of aryl methyl sites for hydroxylation is 2. The summed E-state index contributed by atoms with van der Waals surface area (Å²) in [5, 5.41) is 6.78. The van der Waals surface area contributed by atoms with Gasteiger partial charge < -0.3 is 4.74 Å². The first-order valence-corrected chi connectivity index (χ1v) is 5.32. The molecule has 2 aromatic rings. The second-order valence-corrected chi connectivity index (χ2v) is 3.99. The summed E-state index contributed by atoms with van der Waals surface area (Å²) < 4.78 is 5.39. The van der Waals surface area contributed by atoms with Crippen molar-refractivity contribution in [3.63, 3.8) is 0 Å². The van der Waals surface area contributed by atoms with E-state index in [2.05, 4.69) is 16.3 Å². The molecular weight excluding hydrogens is 216 g/mol. The number of rotatable bonds is 3. The molecule has 0 aliphatic carbocycles. The number of nitrogens with zero attached hydrogens (tertiary/aromatic N) is 1. The topological polar surface area (TPSA) is 55.0 Å². The smallest absolute Gasteiger partial charge is 0.167 e. The number of carbonyl (C=O) groups excluding carboxylic acids is 1. The summed E-state index contributed by atoms with van der Waals surface area (Å²) in [6.07, 6.45) is 0.742. The predicted octanol–water partition coefficient (Wildman–Crippen LogP) is 2.51. The first-order chi connectivity index (χ1) is 8.15. The van der Waals surface area contributed by atoms with Crippen molar-refractivity contribution in [3.8, 4) is 17.0 Å². The Morgan fingerprint density at radius 3 is 2.65 bits per heavy atom. The lowest BCUT2D eigenvalue weighted by molar-refractivity contribution is 0.111. The van der Waals surface area contributed by atoms with E-state index >= 15 is 0 Å². The molecule has 0 fully saturated rings. The van der Waals surface area contributed by atoms with Crippen LogP contribution in [-0.4, -0.2) is 23.6 Å². The van der Waals surface area contributed by atoms with Crippen LogP contribution in [0.3, 0.4) is 0 Å². The molecule has 0 amide bonds. The normalized spacial score (nSPS) is 10.3. The van der Waals surface area contributed by atoms with Crippen molar-refractivity contribution in [2.24, 2.45) is 0 Å². The quantitative estimate of drug-likeness (QED) is 0.824. The number of hydrogen-bond donors (Lipinski definition) is 1. The van der Waals surface area contributed by atoms with Gasteiger partial charge in [-0.3, -0.25) is 9.89 Å². The van der Waals surface area contributed by atoms with Gasteiger partial charge in [0.2, 0.25) is 0 Å². The van der Waals surface area contributed by atoms with Crippen molar-refractivity contribution in [1.29, 1.82) is 0 Å². The van der Waals surface area contributed by atoms with Crippen molar-refractivity contribution in [1.82, 2.24) is 10.2 Å². The molecular formula is C13H14N2O2. The number of carbonyl (C=O) groups is 1. The maximum atomic E-state index is 10.6. The zero-order chi connectivity index (χ0) is 12.4. The molecule has 0 radical (unpaired) electrons. The fourth-order valence-corrected chi connectivity index (χ4v) is 1.95. The highest BCUT2D eigenvalue weighted by molar-refractivity contribution is 5.77. The minimum absolute atomic E-state index is 0.459. The van der Waals surface area contributed by atoms with Gasteiger partial charge in [-0.25, -0.2) is 0 Å². The molecule has 0 saturated heterocycles. The van der Waals surface area contributed by atoms with Crippen molar-refractivity contribution in [2.75, 3.05) is 7.11 Å². The Balaban J connectivity index is 2.60. The number of nitrogens with one attached hydrogen (secondary N) is 1. The van der Waals surface area contributed by atoms with E-state index < -0.39 is 0 Å². The molecule has 0 saturated carbocycles. The molecule has 0 atom stereocenters. The van der Waals surface area contributed by atoms with Gasteiger partial charge in [0.1, 0.15) is 5.75 Å². The first-order valence-electron chi connectivity index (χ1n) is 5.32. The number of aromatic nitrogens is 2. The van der Waals surface area contributed by atoms with Gasteiger partial charge in [-0.2, -0.15) is 5.10 Å². The minimum Gasteiger partial charge on any atom is -0.496 e. The fraction of sp³-hybridized carbons (Fsp3) is 0.231. The van der Waals surface area contributed by atoms with Gasteiger partial charge in [0.05, 0.1) is 18.5 Å². The Kier molecular flexibility index (Phi) is 2.95. The van der Waals surface area contributed by atoms with E-state index in [0.29, 0.717) is 5.69 Å². The standard InChI is InChI=1S/C13H14N2O2/c1-8-4-9(2)13(17-3)11(5-8)12-6-10(7-16)14-15-12/h4-7H,1-3H3,(H,14,15). The molecule has 1 N–H and O–H groups in total. The summed E-state index contributed by atoms with van der Waals surface area (Å²) in [4.78, 5) is 10.6. The Hall–Kier alpha value is -2.10. The molecule has 1 heterocycles. The van der Waals surface area contributed by atoms with Gasteiger partial charge in [-0.1, -0.05) is 6.07 Å². The van der Waals surface area contributed by atoms with Gasteiger partial charge in [0.15, 0.2) is 6.29 Å². The number of H-pyrrole nitrogens is 1. The predicted molar refractivity (Wildman–Crippen MR) is 65.4 cm³/mol. The molecule has 1 aromatic carbocycles. The van der Waals surface area contributed by atoms with Crippen LogP contribution in [0, 0.1) is 13.8 Å². The molecule has 0 spiro atoms. The van der Waals surface area contributed by atoms with E-state index in [0.717, 1.165) is 34.4 Å². The average Bonchev–Trinajstić information content (AvgIpc) is 2.76. The lowest BCUT2D eigenvalue weighted by atomic mass is 10.0. The van der Waals surface area contributed by atoms with Gasteiger partial charge >= 0.3 is 0 Å². The van der Waals surface area contributed by atoms with Gasteiger partial charge in [-0.05, 0) is 37.1 Å². The van der Waals surface area contributed by atoms with E-state index in [9.17, 15) is 4.79 Å². The number of hydrogen-bond acceptors (Lipinski definition) is 3. The van der Waals surface area contributed by atoms with Gasteiger partial charge in [0, 0.05) is 5.56 Å². The molecule has 2 rings (SSSR count). The zero-order valence-corrected chi connectivity index (χ0v) is 10.1. The van der Waals surface area contributed by atoms with Gasteiger partial charge in [0.25, 0.3) is 0 Å². The van der Waals surface area contributed by atoms with Crippen LogP contribution in [0.25, 0.3) is 11.3 Å². The van der Waals surface area contributed by atoms with Crippen LogP contribution >= 0.6 is 0 Å². The van der Waals surface area contributed by atoms with Crippen LogP contribution in [-0.2, 0) is 0 Å². The van der Waals surface area contributed by atoms with Crippen LogP contribution in [0.1, 0.15) is 21.6 Å². The maximum absolute atomic E-state index is 10.6. The van der Waals surface area contributed by atoms with Crippen LogP contribution in [0.5, 0.6) is 5.75 Å². The summed E-state index contributed by atoms with van der Waals surface area (Å²) in [6.45, 7) is 4.01. The Morgan fingerprint density at radius 1 is 1.29 bits per heavy atom. The van der Waals surface area contributed by atoms with E-state index in [1.54, 1.807) is 13.2 Å². The van der Waals surface area contributed by atoms with Gasteiger partial charge in [-0.15, -0.1) is 0 Å². The largest absolute Gasteiger partial charge is 0.496 e. The SMILES string of the molecule is COc1c(C)cc(C)cc1-c1cc(C=O)[nH]n1. The van der Waals surface area contributed by atoms with Crippen molar-refractivity contribution >= 4 is 6.29 Å². The summed E-state index contributed by atoms with van der Waals surface area (Å²) >= 11 is 0. The first kappa shape index (κ1) is 11.4. The molecule has 0 bridgehead atoms. The van der Waals surface area contributed by atoms with Crippen LogP contribution in [0.4, 0.5) is 0 Å². The highest BCUT2D eigenvalue weighted by atomic mass is 16.5.